The van der Waals surface area contributed by atoms with E-state index in [0.717, 1.165) is 18.7 Å². The minimum atomic E-state index is 0.0925. The van der Waals surface area contributed by atoms with Gasteiger partial charge >= 0.3 is 0 Å². The maximum absolute atomic E-state index is 11.7. The van der Waals surface area contributed by atoms with E-state index in [9.17, 15) is 4.79 Å². The van der Waals surface area contributed by atoms with E-state index in [1.165, 1.54) is 0 Å². The number of benzene rings is 1. The maximum Gasteiger partial charge on any atom is 0.142 e. The van der Waals surface area contributed by atoms with E-state index in [1.807, 2.05) is 30.3 Å². The molecule has 0 spiro atoms. The van der Waals surface area contributed by atoms with Gasteiger partial charge in [0, 0.05) is 19.5 Å². The number of carbonyl (C=O) groups excluding carboxylic acids is 1. The molecule has 2 nitrogen and oxygen atoms in total. The van der Waals surface area contributed by atoms with Gasteiger partial charge in [0.1, 0.15) is 5.78 Å². The lowest BCUT2D eigenvalue weighted by molar-refractivity contribution is -0.123. The Hall–Kier alpha value is -1.15. The van der Waals surface area contributed by atoms with Gasteiger partial charge in [0.2, 0.25) is 0 Å². The second kappa shape index (κ2) is 3.93. The number of rotatable bonds is 1. The van der Waals surface area contributed by atoms with Crippen LogP contribution in [0.15, 0.2) is 30.3 Å². The second-order valence-corrected chi connectivity index (χ2v) is 3.94. The minimum Gasteiger partial charge on any atom is -0.305 e. The molecule has 0 saturated carbocycles. The first-order valence-electron chi connectivity index (χ1n) is 5.03. The number of hydrogen-bond acceptors (Lipinski definition) is 2. The maximum atomic E-state index is 11.7. The predicted molar refractivity (Wildman–Crippen MR) is 56.3 cm³/mol. The van der Waals surface area contributed by atoms with Crippen molar-refractivity contribution in [2.75, 3.05) is 20.1 Å². The molecule has 0 radical (unpaired) electrons. The van der Waals surface area contributed by atoms with Crippen molar-refractivity contribution >= 4 is 5.78 Å². The number of Topliss-reactive ketones (excluding diaryl/α,β-unsaturated/α-hetero) is 1. The molecular formula is C12H15NO. The average Bonchev–Trinajstić information content (AvgIpc) is 2.23. The second-order valence-electron chi connectivity index (χ2n) is 3.94. The Labute approximate surface area is 84.5 Å². The first-order valence-corrected chi connectivity index (χ1v) is 5.03. The molecule has 1 aromatic rings. The number of carbonyl (C=O) groups is 1. The van der Waals surface area contributed by atoms with Gasteiger partial charge < -0.3 is 4.90 Å². The molecule has 0 bridgehead atoms. The number of ketones is 1. The summed E-state index contributed by atoms with van der Waals surface area (Å²) in [5.74, 6) is 0.476. The molecule has 14 heavy (non-hydrogen) atoms. The van der Waals surface area contributed by atoms with E-state index >= 15 is 0 Å². The van der Waals surface area contributed by atoms with Crippen molar-refractivity contribution in [2.45, 2.75) is 12.3 Å². The molecule has 2 heteroatoms. The van der Waals surface area contributed by atoms with Crippen LogP contribution in [-0.4, -0.2) is 30.8 Å². The summed E-state index contributed by atoms with van der Waals surface area (Å²) in [6.07, 6.45) is 0.691. The van der Waals surface area contributed by atoms with Crippen molar-refractivity contribution in [2.24, 2.45) is 0 Å². The highest BCUT2D eigenvalue weighted by atomic mass is 16.1. The molecule has 0 aliphatic carbocycles. The lowest BCUT2D eigenvalue weighted by Gasteiger charge is -2.28. The first kappa shape index (κ1) is 9.41. The van der Waals surface area contributed by atoms with Crippen LogP contribution in [0.1, 0.15) is 17.9 Å². The van der Waals surface area contributed by atoms with Crippen LogP contribution in [0.3, 0.4) is 0 Å². The van der Waals surface area contributed by atoms with Crippen molar-refractivity contribution in [1.29, 1.82) is 0 Å². The van der Waals surface area contributed by atoms with Gasteiger partial charge in [-0.1, -0.05) is 30.3 Å². The molecule has 0 aromatic heterocycles. The molecule has 74 valence electrons. The van der Waals surface area contributed by atoms with Crippen LogP contribution in [-0.2, 0) is 4.79 Å². The zero-order valence-corrected chi connectivity index (χ0v) is 8.44. The molecule has 0 amide bonds. The molecule has 1 saturated heterocycles. The van der Waals surface area contributed by atoms with Crippen molar-refractivity contribution in [3.05, 3.63) is 35.9 Å². The van der Waals surface area contributed by atoms with E-state index < -0.39 is 0 Å². The van der Waals surface area contributed by atoms with Crippen molar-refractivity contribution < 1.29 is 4.79 Å². The van der Waals surface area contributed by atoms with Gasteiger partial charge in [-0.25, -0.2) is 0 Å². The Morgan fingerprint density at radius 3 is 2.71 bits per heavy atom. The fraction of sp³-hybridized carbons (Fsp3) is 0.417. The van der Waals surface area contributed by atoms with Gasteiger partial charge in [-0.3, -0.25) is 4.79 Å². The third kappa shape index (κ3) is 1.85. The topological polar surface area (TPSA) is 20.3 Å². The van der Waals surface area contributed by atoms with Crippen LogP contribution < -0.4 is 0 Å². The Balaban J connectivity index is 2.20. The molecule has 1 aliphatic heterocycles. The van der Waals surface area contributed by atoms with E-state index in [1.54, 1.807) is 0 Å². The molecule has 2 rings (SSSR count). The number of piperidine rings is 1. The first-order chi connectivity index (χ1) is 6.77. The van der Waals surface area contributed by atoms with Crippen molar-refractivity contribution in [3.63, 3.8) is 0 Å². The van der Waals surface area contributed by atoms with E-state index in [0.29, 0.717) is 12.2 Å². The van der Waals surface area contributed by atoms with Crippen LogP contribution in [0.4, 0.5) is 0 Å². The van der Waals surface area contributed by atoms with Crippen LogP contribution in [0.5, 0.6) is 0 Å². The van der Waals surface area contributed by atoms with Crippen LogP contribution >= 0.6 is 0 Å². The largest absolute Gasteiger partial charge is 0.305 e. The van der Waals surface area contributed by atoms with Gasteiger partial charge in [0.15, 0.2) is 0 Å². The number of likely N-dealkylation sites (N-methyl/N-ethyl adjacent to an activating group) is 1. The number of hydrogen-bond donors (Lipinski definition) is 0. The Bertz CT molecular complexity index is 320. The SMILES string of the molecule is CN1CCC(=O)[C@H](c2ccccc2)C1. The van der Waals surface area contributed by atoms with Gasteiger partial charge in [-0.05, 0) is 12.6 Å². The standard InChI is InChI=1S/C12H15NO/c1-13-8-7-12(14)11(9-13)10-5-3-2-4-6-10/h2-6,11H,7-9H2,1H3/t11-/m0/s1. The van der Waals surface area contributed by atoms with Gasteiger partial charge in [-0.15, -0.1) is 0 Å². The van der Waals surface area contributed by atoms with Crippen molar-refractivity contribution in [1.82, 2.24) is 4.90 Å². The van der Waals surface area contributed by atoms with Crippen molar-refractivity contribution in [3.8, 4) is 0 Å². The third-order valence-corrected chi connectivity index (χ3v) is 2.82. The lowest BCUT2D eigenvalue weighted by Crippen LogP contribution is -2.36. The molecule has 1 fully saturated rings. The fourth-order valence-electron chi connectivity index (χ4n) is 1.96. The highest BCUT2D eigenvalue weighted by Crippen LogP contribution is 2.22. The zero-order chi connectivity index (χ0) is 9.97. The summed E-state index contributed by atoms with van der Waals surface area (Å²) in [7, 11) is 2.07. The molecule has 0 N–H and O–H groups in total. The monoisotopic (exact) mass is 189 g/mol. The number of likely N-dealkylation sites (tertiary alicyclic amines) is 1. The normalized spacial score (nSPS) is 23.8. The summed E-state index contributed by atoms with van der Waals surface area (Å²) in [5.41, 5.74) is 1.16. The Kier molecular flexibility index (Phi) is 2.64. The molecule has 0 unspecified atom stereocenters. The van der Waals surface area contributed by atoms with Crippen LogP contribution in [0.25, 0.3) is 0 Å². The summed E-state index contributed by atoms with van der Waals surface area (Å²) >= 11 is 0. The summed E-state index contributed by atoms with van der Waals surface area (Å²) in [6, 6.07) is 10.1. The zero-order valence-electron chi connectivity index (χ0n) is 8.44. The smallest absolute Gasteiger partial charge is 0.142 e. The molecule has 1 aromatic carbocycles. The van der Waals surface area contributed by atoms with Crippen LogP contribution in [0.2, 0.25) is 0 Å². The van der Waals surface area contributed by atoms with Gasteiger partial charge in [0.25, 0.3) is 0 Å². The predicted octanol–water partition coefficient (Wildman–Crippen LogP) is 1.67. The molecular weight excluding hydrogens is 174 g/mol. The Morgan fingerprint density at radius 1 is 1.29 bits per heavy atom. The van der Waals surface area contributed by atoms with Gasteiger partial charge in [-0.2, -0.15) is 0 Å². The van der Waals surface area contributed by atoms with Crippen LogP contribution in [0, 0.1) is 0 Å². The molecule has 1 heterocycles. The average molecular weight is 189 g/mol. The minimum absolute atomic E-state index is 0.0925. The third-order valence-electron chi connectivity index (χ3n) is 2.82. The van der Waals surface area contributed by atoms with E-state index in [4.69, 9.17) is 0 Å². The van der Waals surface area contributed by atoms with E-state index in [-0.39, 0.29) is 5.92 Å². The quantitative estimate of drug-likeness (QED) is 0.670. The molecule has 1 atom stereocenters. The van der Waals surface area contributed by atoms with E-state index in [2.05, 4.69) is 11.9 Å². The lowest BCUT2D eigenvalue weighted by atomic mass is 9.90. The van der Waals surface area contributed by atoms with Gasteiger partial charge in [0.05, 0.1) is 5.92 Å². The summed E-state index contributed by atoms with van der Waals surface area (Å²) in [5, 5.41) is 0. The summed E-state index contributed by atoms with van der Waals surface area (Å²) in [6.45, 7) is 1.77. The molecule has 1 aliphatic rings. The Morgan fingerprint density at radius 2 is 2.00 bits per heavy atom. The highest BCUT2D eigenvalue weighted by molar-refractivity contribution is 5.86. The highest BCUT2D eigenvalue weighted by Gasteiger charge is 2.26. The summed E-state index contributed by atoms with van der Waals surface area (Å²) in [4.78, 5) is 13.9. The number of nitrogens with zero attached hydrogens (tertiary/aromatic N) is 1. The fourth-order valence-corrected chi connectivity index (χ4v) is 1.96. The summed E-state index contributed by atoms with van der Waals surface area (Å²) < 4.78 is 0.